The zero-order valence-electron chi connectivity index (χ0n) is 20.9. The predicted molar refractivity (Wildman–Crippen MR) is 146 cm³/mol. The lowest BCUT2D eigenvalue weighted by molar-refractivity contribution is -0.121. The first-order valence-corrected chi connectivity index (χ1v) is 12.6. The van der Waals surface area contributed by atoms with Gasteiger partial charge in [-0.2, -0.15) is 0 Å². The van der Waals surface area contributed by atoms with Crippen molar-refractivity contribution in [1.82, 2.24) is 14.9 Å². The zero-order chi connectivity index (χ0) is 25.6. The third-order valence-corrected chi connectivity index (χ3v) is 6.76. The van der Waals surface area contributed by atoms with Crippen LogP contribution in [0, 0.1) is 12.7 Å². The average molecular weight is 492 g/mol. The molecule has 37 heavy (non-hydrogen) atoms. The average Bonchev–Trinajstić information content (AvgIpc) is 3.28. The number of rotatable bonds is 9. The van der Waals surface area contributed by atoms with Crippen LogP contribution in [0.1, 0.15) is 40.3 Å². The molecule has 3 aromatic carbocycles. The molecule has 5 aromatic rings. The Hall–Kier alpha value is -4.25. The first-order chi connectivity index (χ1) is 18.1. The monoisotopic (exact) mass is 491 g/mol. The minimum Gasteiger partial charge on any atom is -0.356 e. The van der Waals surface area contributed by atoms with Gasteiger partial charge in [0.1, 0.15) is 5.82 Å². The van der Waals surface area contributed by atoms with Crippen LogP contribution in [-0.4, -0.2) is 22.0 Å². The number of para-hydroxylation sites is 1. The number of pyridine rings is 1. The lowest BCUT2D eigenvalue weighted by Gasteiger charge is -2.17. The van der Waals surface area contributed by atoms with Crippen molar-refractivity contribution in [2.75, 3.05) is 6.54 Å². The summed E-state index contributed by atoms with van der Waals surface area (Å²) in [4.78, 5) is 17.4. The number of amides is 1. The van der Waals surface area contributed by atoms with Crippen LogP contribution in [0.3, 0.4) is 0 Å². The van der Waals surface area contributed by atoms with Crippen molar-refractivity contribution >= 4 is 16.8 Å². The fourth-order valence-electron chi connectivity index (χ4n) is 4.81. The standard InChI is InChI=1S/C32H30FN3O/c1-23-9-11-24(12-10-23)21-36-22-30(28-7-2-3-8-31(28)36)29(25-13-15-26(33)16-14-25)20-32(37)35-19-17-27-6-4-5-18-34-27/h2-16,18,22,29H,17,19-21H2,1H3,(H,35,37)/t29-/m1/s1. The topological polar surface area (TPSA) is 46.9 Å². The van der Waals surface area contributed by atoms with Gasteiger partial charge in [-0.15, -0.1) is 0 Å². The largest absolute Gasteiger partial charge is 0.356 e. The second kappa shape index (κ2) is 11.2. The summed E-state index contributed by atoms with van der Waals surface area (Å²) in [7, 11) is 0. The summed E-state index contributed by atoms with van der Waals surface area (Å²) < 4.78 is 16.0. The molecular formula is C32H30FN3O. The van der Waals surface area contributed by atoms with Gasteiger partial charge in [0.15, 0.2) is 0 Å². The van der Waals surface area contributed by atoms with Crippen molar-refractivity contribution in [2.45, 2.75) is 32.2 Å². The Morgan fingerprint density at radius 1 is 0.946 bits per heavy atom. The van der Waals surface area contributed by atoms with Crippen LogP contribution in [0.5, 0.6) is 0 Å². The molecule has 5 heteroatoms. The molecule has 1 amide bonds. The van der Waals surface area contributed by atoms with Crippen LogP contribution in [-0.2, 0) is 17.8 Å². The van der Waals surface area contributed by atoms with Crippen LogP contribution in [0.25, 0.3) is 10.9 Å². The number of nitrogens with zero attached hydrogens (tertiary/aromatic N) is 2. The lowest BCUT2D eigenvalue weighted by atomic mass is 9.88. The first-order valence-electron chi connectivity index (χ1n) is 12.6. The van der Waals surface area contributed by atoms with Crippen molar-refractivity contribution in [3.63, 3.8) is 0 Å². The number of aryl methyl sites for hydroxylation is 1. The minimum atomic E-state index is -0.288. The maximum Gasteiger partial charge on any atom is 0.220 e. The number of hydrogen-bond donors (Lipinski definition) is 1. The second-order valence-electron chi connectivity index (χ2n) is 9.44. The number of aromatic nitrogens is 2. The highest BCUT2D eigenvalue weighted by molar-refractivity contribution is 5.86. The molecule has 0 saturated heterocycles. The number of carbonyl (C=O) groups is 1. The van der Waals surface area contributed by atoms with E-state index in [1.165, 1.54) is 23.3 Å². The molecule has 0 aliphatic carbocycles. The van der Waals surface area contributed by atoms with Gasteiger partial charge in [-0.25, -0.2) is 4.39 Å². The molecule has 186 valence electrons. The number of nitrogens with one attached hydrogen (secondary N) is 1. The van der Waals surface area contributed by atoms with Gasteiger partial charge in [0, 0.05) is 60.8 Å². The third-order valence-electron chi connectivity index (χ3n) is 6.76. The van der Waals surface area contributed by atoms with Crippen LogP contribution < -0.4 is 5.32 Å². The fourth-order valence-corrected chi connectivity index (χ4v) is 4.81. The van der Waals surface area contributed by atoms with E-state index in [0.29, 0.717) is 13.0 Å². The van der Waals surface area contributed by atoms with Gasteiger partial charge in [-0.1, -0.05) is 66.2 Å². The van der Waals surface area contributed by atoms with Gasteiger partial charge in [-0.3, -0.25) is 9.78 Å². The van der Waals surface area contributed by atoms with E-state index < -0.39 is 0 Å². The molecule has 0 aliphatic rings. The van der Waals surface area contributed by atoms with Gasteiger partial charge < -0.3 is 9.88 Å². The van der Waals surface area contributed by atoms with Crippen LogP contribution in [0.4, 0.5) is 4.39 Å². The number of hydrogen-bond acceptors (Lipinski definition) is 2. The lowest BCUT2D eigenvalue weighted by Crippen LogP contribution is -2.27. The quantitative estimate of drug-likeness (QED) is 0.259. The van der Waals surface area contributed by atoms with Gasteiger partial charge >= 0.3 is 0 Å². The summed E-state index contributed by atoms with van der Waals surface area (Å²) in [5.41, 5.74) is 6.47. The van der Waals surface area contributed by atoms with E-state index in [1.54, 1.807) is 18.3 Å². The first kappa shape index (κ1) is 24.4. The molecule has 1 atom stereocenters. The second-order valence-corrected chi connectivity index (χ2v) is 9.44. The molecular weight excluding hydrogens is 461 g/mol. The number of fused-ring (bicyclic) bond motifs is 1. The fraction of sp³-hybridized carbons (Fsp3) is 0.188. The van der Waals surface area contributed by atoms with Crippen molar-refractivity contribution < 1.29 is 9.18 Å². The molecule has 0 saturated carbocycles. The van der Waals surface area contributed by atoms with Gasteiger partial charge in [-0.05, 0) is 53.9 Å². The van der Waals surface area contributed by atoms with E-state index in [-0.39, 0.29) is 24.1 Å². The summed E-state index contributed by atoms with van der Waals surface area (Å²) in [5.74, 6) is -0.538. The molecule has 0 unspecified atom stereocenters. The molecule has 2 aromatic heterocycles. The Morgan fingerprint density at radius 2 is 1.70 bits per heavy atom. The van der Waals surface area contributed by atoms with Crippen LogP contribution >= 0.6 is 0 Å². The summed E-state index contributed by atoms with van der Waals surface area (Å²) in [6.45, 7) is 3.33. The minimum absolute atomic E-state index is 0.0411. The van der Waals surface area contributed by atoms with E-state index in [1.807, 2.05) is 30.3 Å². The molecule has 4 nitrogen and oxygen atoms in total. The molecule has 0 aliphatic heterocycles. The maximum absolute atomic E-state index is 13.8. The van der Waals surface area contributed by atoms with Gasteiger partial charge in [0.25, 0.3) is 0 Å². The number of benzene rings is 3. The Kier molecular flexibility index (Phi) is 7.41. The predicted octanol–water partition coefficient (Wildman–Crippen LogP) is 6.41. The summed E-state index contributed by atoms with van der Waals surface area (Å²) in [6, 6.07) is 29.1. The smallest absolute Gasteiger partial charge is 0.220 e. The Morgan fingerprint density at radius 3 is 2.46 bits per heavy atom. The van der Waals surface area contributed by atoms with Crippen molar-refractivity contribution in [3.8, 4) is 0 Å². The van der Waals surface area contributed by atoms with E-state index in [4.69, 9.17) is 0 Å². The van der Waals surface area contributed by atoms with Crippen molar-refractivity contribution in [1.29, 1.82) is 0 Å². The summed E-state index contributed by atoms with van der Waals surface area (Å²) in [5, 5.41) is 4.15. The third kappa shape index (κ3) is 5.95. The Balaban J connectivity index is 1.44. The SMILES string of the molecule is Cc1ccc(Cn2cc([C@H](CC(=O)NCCc3ccccn3)c3ccc(F)cc3)c3ccccc32)cc1. The molecule has 5 rings (SSSR count). The number of carbonyl (C=O) groups excluding carboxylic acids is 1. The van der Waals surface area contributed by atoms with Crippen molar-refractivity contribution in [2.24, 2.45) is 0 Å². The van der Waals surface area contributed by atoms with E-state index >= 15 is 0 Å². The van der Waals surface area contributed by atoms with Gasteiger partial charge in [0.2, 0.25) is 5.91 Å². The molecule has 2 heterocycles. The Labute approximate surface area is 216 Å². The van der Waals surface area contributed by atoms with Crippen molar-refractivity contribution in [3.05, 3.63) is 137 Å². The highest BCUT2D eigenvalue weighted by Gasteiger charge is 2.23. The van der Waals surface area contributed by atoms with Crippen LogP contribution in [0.2, 0.25) is 0 Å². The zero-order valence-corrected chi connectivity index (χ0v) is 20.9. The maximum atomic E-state index is 13.8. The Bertz CT molecular complexity index is 1470. The van der Waals surface area contributed by atoms with E-state index in [9.17, 15) is 9.18 Å². The van der Waals surface area contributed by atoms with Crippen LogP contribution in [0.15, 0.2) is 103 Å². The normalized spacial score (nSPS) is 11.9. The molecule has 0 spiro atoms. The van der Waals surface area contributed by atoms with E-state index in [2.05, 4.69) is 64.4 Å². The van der Waals surface area contributed by atoms with Gasteiger partial charge in [0.05, 0.1) is 0 Å². The molecule has 0 radical (unpaired) electrons. The number of halogens is 1. The summed E-state index contributed by atoms with van der Waals surface area (Å²) in [6.07, 6.45) is 4.85. The summed E-state index contributed by atoms with van der Waals surface area (Å²) >= 11 is 0. The molecule has 0 fully saturated rings. The molecule has 0 bridgehead atoms. The molecule has 1 N–H and O–H groups in total. The highest BCUT2D eigenvalue weighted by Crippen LogP contribution is 2.35. The van der Waals surface area contributed by atoms with E-state index in [0.717, 1.165) is 34.3 Å². The highest BCUT2D eigenvalue weighted by atomic mass is 19.1.